The minimum Gasteiger partial charge on any atom is -0.492 e. The van der Waals surface area contributed by atoms with Crippen LogP contribution >= 0.6 is 0 Å². The van der Waals surface area contributed by atoms with Crippen LogP contribution in [0.25, 0.3) is 0 Å². The fraction of sp³-hybridized carbons (Fsp3) is 0.571. The molecule has 1 fully saturated rings. The van der Waals surface area contributed by atoms with Gasteiger partial charge in [0.15, 0.2) is 6.04 Å². The SMILES string of the molecule is Cc1cc2n(n1)[C@@H](C(F)(F)F)C[C@@H](C1CCN(CCOc3ccccc3)CC1)N2. The van der Waals surface area contributed by atoms with Crippen LogP contribution in [0.1, 0.15) is 31.0 Å². The molecular formula is C21H27F3N4O. The summed E-state index contributed by atoms with van der Waals surface area (Å²) in [7, 11) is 0. The molecule has 1 aromatic carbocycles. The van der Waals surface area contributed by atoms with Crippen LogP contribution in [-0.2, 0) is 0 Å². The lowest BCUT2D eigenvalue weighted by Crippen LogP contribution is -2.46. The highest BCUT2D eigenvalue weighted by Crippen LogP contribution is 2.42. The summed E-state index contributed by atoms with van der Waals surface area (Å²) in [6, 6.07) is 9.70. The zero-order chi connectivity index (χ0) is 20.4. The number of nitrogens with zero attached hydrogens (tertiary/aromatic N) is 3. The van der Waals surface area contributed by atoms with Crippen molar-refractivity contribution < 1.29 is 17.9 Å². The van der Waals surface area contributed by atoms with Crippen molar-refractivity contribution in [2.45, 2.75) is 44.4 Å². The summed E-state index contributed by atoms with van der Waals surface area (Å²) in [4.78, 5) is 2.33. The van der Waals surface area contributed by atoms with Crippen molar-refractivity contribution in [2.75, 3.05) is 31.6 Å². The summed E-state index contributed by atoms with van der Waals surface area (Å²) in [5.41, 5.74) is 0.607. The predicted molar refractivity (Wildman–Crippen MR) is 105 cm³/mol. The van der Waals surface area contributed by atoms with Crippen molar-refractivity contribution in [3.05, 3.63) is 42.1 Å². The molecule has 158 valence electrons. The molecule has 8 heteroatoms. The normalized spacial score (nSPS) is 23.4. The second-order valence-electron chi connectivity index (χ2n) is 8.00. The summed E-state index contributed by atoms with van der Waals surface area (Å²) < 4.78 is 47.7. The number of fused-ring (bicyclic) bond motifs is 1. The van der Waals surface area contributed by atoms with Crippen LogP contribution < -0.4 is 10.1 Å². The molecule has 1 N–H and O–H groups in total. The topological polar surface area (TPSA) is 42.3 Å². The highest BCUT2D eigenvalue weighted by molar-refractivity contribution is 5.41. The number of para-hydroxylation sites is 1. The van der Waals surface area contributed by atoms with Gasteiger partial charge in [0.25, 0.3) is 0 Å². The Kier molecular flexibility index (Phi) is 5.72. The van der Waals surface area contributed by atoms with Gasteiger partial charge < -0.3 is 10.1 Å². The maximum absolute atomic E-state index is 13.6. The number of hydrogen-bond acceptors (Lipinski definition) is 4. The van der Waals surface area contributed by atoms with E-state index in [-0.39, 0.29) is 18.4 Å². The zero-order valence-corrected chi connectivity index (χ0v) is 16.5. The highest BCUT2D eigenvalue weighted by Gasteiger charge is 2.47. The molecule has 2 atom stereocenters. The van der Waals surface area contributed by atoms with E-state index in [1.807, 2.05) is 30.3 Å². The minimum atomic E-state index is -4.29. The number of piperidine rings is 1. The first-order valence-electron chi connectivity index (χ1n) is 10.2. The first kappa shape index (κ1) is 20.1. The number of benzene rings is 1. The van der Waals surface area contributed by atoms with E-state index in [4.69, 9.17) is 4.74 Å². The van der Waals surface area contributed by atoms with Gasteiger partial charge in [-0.1, -0.05) is 18.2 Å². The summed E-state index contributed by atoms with van der Waals surface area (Å²) in [6.45, 7) is 4.94. The molecule has 2 aromatic rings. The third-order valence-corrected chi connectivity index (χ3v) is 5.96. The Bertz CT molecular complexity index is 800. The Morgan fingerprint density at radius 2 is 1.90 bits per heavy atom. The van der Waals surface area contributed by atoms with Crippen molar-refractivity contribution in [3.63, 3.8) is 0 Å². The van der Waals surface area contributed by atoms with Crippen molar-refractivity contribution in [3.8, 4) is 5.75 Å². The van der Waals surface area contributed by atoms with Gasteiger partial charge in [0.2, 0.25) is 0 Å². The standard InChI is InChI=1S/C21H27F3N4O/c1-15-13-20-25-18(14-19(21(22,23)24)28(20)26-15)16-7-9-27(10-8-16)11-12-29-17-5-3-2-4-6-17/h2-6,13,16,18-19,25H,7-12,14H2,1H3/t18-,19+/m0/s1. The number of alkyl halides is 3. The van der Waals surface area contributed by atoms with Crippen LogP contribution in [0.2, 0.25) is 0 Å². The number of aromatic nitrogens is 2. The van der Waals surface area contributed by atoms with E-state index in [9.17, 15) is 13.2 Å². The number of halogens is 3. The number of anilines is 1. The van der Waals surface area contributed by atoms with Crippen molar-refractivity contribution in [1.82, 2.24) is 14.7 Å². The summed E-state index contributed by atoms with van der Waals surface area (Å²) in [6.07, 6.45) is -2.47. The molecule has 1 saturated heterocycles. The second-order valence-corrected chi connectivity index (χ2v) is 8.00. The number of aryl methyl sites for hydroxylation is 1. The average molecular weight is 408 g/mol. The van der Waals surface area contributed by atoms with Crippen LogP contribution in [0.3, 0.4) is 0 Å². The van der Waals surface area contributed by atoms with E-state index in [0.29, 0.717) is 18.1 Å². The van der Waals surface area contributed by atoms with Gasteiger partial charge in [-0.15, -0.1) is 0 Å². The molecule has 1 aromatic heterocycles. The molecular weight excluding hydrogens is 381 g/mol. The Morgan fingerprint density at radius 1 is 1.17 bits per heavy atom. The van der Waals surface area contributed by atoms with Gasteiger partial charge in [-0.2, -0.15) is 18.3 Å². The number of nitrogens with one attached hydrogen (secondary N) is 1. The number of rotatable bonds is 5. The molecule has 0 radical (unpaired) electrons. The van der Waals surface area contributed by atoms with Crippen LogP contribution in [0, 0.1) is 12.8 Å². The molecule has 0 bridgehead atoms. The third-order valence-electron chi connectivity index (χ3n) is 5.96. The van der Waals surface area contributed by atoms with Crippen molar-refractivity contribution in [1.29, 1.82) is 0 Å². The molecule has 3 heterocycles. The Balaban J connectivity index is 1.30. The van der Waals surface area contributed by atoms with Crippen LogP contribution in [0.4, 0.5) is 19.0 Å². The highest BCUT2D eigenvalue weighted by atomic mass is 19.4. The lowest BCUT2D eigenvalue weighted by molar-refractivity contribution is -0.174. The Hall–Kier alpha value is -2.22. The molecule has 29 heavy (non-hydrogen) atoms. The first-order chi connectivity index (χ1) is 13.9. The molecule has 0 amide bonds. The number of likely N-dealkylation sites (tertiary alicyclic amines) is 1. The molecule has 2 aliphatic heterocycles. The minimum absolute atomic E-state index is 0.0411. The van der Waals surface area contributed by atoms with Crippen LogP contribution in [0.15, 0.2) is 36.4 Å². The molecule has 2 aliphatic rings. The van der Waals surface area contributed by atoms with Gasteiger partial charge in [-0.25, -0.2) is 4.68 Å². The van der Waals surface area contributed by atoms with E-state index in [1.54, 1.807) is 13.0 Å². The average Bonchev–Trinajstić information content (AvgIpc) is 3.08. The fourth-order valence-corrected chi connectivity index (χ4v) is 4.42. The van der Waals surface area contributed by atoms with Gasteiger partial charge in [0, 0.05) is 18.7 Å². The van der Waals surface area contributed by atoms with Gasteiger partial charge in [-0.05, 0) is 57.3 Å². The maximum Gasteiger partial charge on any atom is 0.410 e. The fourth-order valence-electron chi connectivity index (χ4n) is 4.42. The van der Waals surface area contributed by atoms with Gasteiger partial charge in [-0.3, -0.25) is 4.90 Å². The third kappa shape index (κ3) is 4.69. The zero-order valence-electron chi connectivity index (χ0n) is 16.5. The van der Waals surface area contributed by atoms with E-state index in [0.717, 1.165) is 42.9 Å². The lowest BCUT2D eigenvalue weighted by Gasteiger charge is -2.41. The Labute approximate surface area is 168 Å². The summed E-state index contributed by atoms with van der Waals surface area (Å²) in [5.74, 6) is 1.58. The smallest absolute Gasteiger partial charge is 0.410 e. The van der Waals surface area contributed by atoms with Crippen LogP contribution in [-0.4, -0.2) is 53.1 Å². The van der Waals surface area contributed by atoms with Gasteiger partial charge in [0.05, 0.1) is 5.69 Å². The quantitative estimate of drug-likeness (QED) is 0.802. The first-order valence-corrected chi connectivity index (χ1v) is 10.2. The van der Waals surface area contributed by atoms with E-state index >= 15 is 0 Å². The van der Waals surface area contributed by atoms with Gasteiger partial charge >= 0.3 is 6.18 Å². The molecule has 0 unspecified atom stereocenters. The molecule has 0 aliphatic carbocycles. The van der Waals surface area contributed by atoms with E-state index < -0.39 is 12.2 Å². The number of ether oxygens (including phenoxy) is 1. The van der Waals surface area contributed by atoms with E-state index in [2.05, 4.69) is 15.3 Å². The largest absolute Gasteiger partial charge is 0.492 e. The molecule has 4 rings (SSSR count). The van der Waals surface area contributed by atoms with Crippen molar-refractivity contribution in [2.24, 2.45) is 5.92 Å². The van der Waals surface area contributed by atoms with Crippen LogP contribution in [0.5, 0.6) is 5.75 Å². The molecule has 0 saturated carbocycles. The summed E-state index contributed by atoms with van der Waals surface area (Å²) >= 11 is 0. The lowest BCUT2D eigenvalue weighted by atomic mass is 9.85. The van der Waals surface area contributed by atoms with Gasteiger partial charge in [0.1, 0.15) is 18.2 Å². The molecule has 0 spiro atoms. The predicted octanol–water partition coefficient (Wildman–Crippen LogP) is 4.27. The van der Waals surface area contributed by atoms with E-state index in [1.165, 1.54) is 0 Å². The monoisotopic (exact) mass is 408 g/mol. The molecule has 5 nitrogen and oxygen atoms in total. The Morgan fingerprint density at radius 3 is 2.59 bits per heavy atom. The summed E-state index contributed by atoms with van der Waals surface area (Å²) in [5, 5.41) is 7.39. The maximum atomic E-state index is 13.6. The van der Waals surface area contributed by atoms with Crippen molar-refractivity contribution >= 4 is 5.82 Å². The number of hydrogen-bond donors (Lipinski definition) is 1. The second kappa shape index (κ2) is 8.26.